The van der Waals surface area contributed by atoms with E-state index in [9.17, 15) is 4.79 Å². The molecule has 7 heteroatoms. The molecule has 3 aromatic rings. The first-order chi connectivity index (χ1) is 11.6. The van der Waals surface area contributed by atoms with Crippen molar-refractivity contribution in [3.05, 3.63) is 59.8 Å². The number of furan rings is 1. The van der Waals surface area contributed by atoms with Gasteiger partial charge in [-0.15, -0.1) is 10.2 Å². The van der Waals surface area contributed by atoms with Gasteiger partial charge in [-0.05, 0) is 43.7 Å². The first-order valence-electron chi connectivity index (χ1n) is 7.54. The molecule has 0 fully saturated rings. The zero-order chi connectivity index (χ0) is 16.9. The molecule has 2 heterocycles. The number of thioether (sulfide) groups is 1. The maximum absolute atomic E-state index is 12.0. The fourth-order valence-electron chi connectivity index (χ4n) is 2.28. The molecule has 0 aliphatic rings. The van der Waals surface area contributed by atoms with Crippen LogP contribution in [0.5, 0.6) is 0 Å². The van der Waals surface area contributed by atoms with Crippen LogP contribution in [0.4, 0.5) is 0 Å². The van der Waals surface area contributed by atoms with Gasteiger partial charge in [0.05, 0.1) is 18.6 Å². The second kappa shape index (κ2) is 7.35. The van der Waals surface area contributed by atoms with Crippen LogP contribution in [0.2, 0.25) is 0 Å². The molecule has 0 saturated heterocycles. The molecule has 0 atom stereocenters. The quantitative estimate of drug-likeness (QED) is 0.697. The van der Waals surface area contributed by atoms with E-state index in [2.05, 4.69) is 21.6 Å². The Balaban J connectivity index is 1.64. The van der Waals surface area contributed by atoms with Crippen molar-refractivity contribution < 1.29 is 9.21 Å². The SMILES string of the molecule is Cc1cccc(-n2c(C)nnc2SCC(=O)NCc2ccco2)c1. The second-order valence-electron chi connectivity index (χ2n) is 5.35. The van der Waals surface area contributed by atoms with E-state index in [1.165, 1.54) is 11.8 Å². The van der Waals surface area contributed by atoms with Crippen molar-refractivity contribution in [2.24, 2.45) is 0 Å². The van der Waals surface area contributed by atoms with Crippen LogP contribution in [-0.4, -0.2) is 26.4 Å². The average Bonchev–Trinajstić information content (AvgIpc) is 3.20. The summed E-state index contributed by atoms with van der Waals surface area (Å²) >= 11 is 1.36. The Bertz CT molecular complexity index is 827. The molecule has 0 spiro atoms. The number of nitrogens with zero attached hydrogens (tertiary/aromatic N) is 3. The average molecular weight is 342 g/mol. The first kappa shape index (κ1) is 16.3. The Kier molecular flexibility index (Phi) is 5.00. The Morgan fingerprint density at radius 2 is 2.12 bits per heavy atom. The number of amides is 1. The van der Waals surface area contributed by atoms with Gasteiger partial charge in [0.25, 0.3) is 0 Å². The highest BCUT2D eigenvalue weighted by atomic mass is 32.2. The van der Waals surface area contributed by atoms with Gasteiger partial charge < -0.3 is 9.73 Å². The van der Waals surface area contributed by atoms with Gasteiger partial charge in [-0.1, -0.05) is 23.9 Å². The molecule has 0 unspecified atom stereocenters. The van der Waals surface area contributed by atoms with E-state index in [1.54, 1.807) is 12.3 Å². The topological polar surface area (TPSA) is 73.0 Å². The highest BCUT2D eigenvalue weighted by molar-refractivity contribution is 7.99. The van der Waals surface area contributed by atoms with Gasteiger partial charge in [0.15, 0.2) is 5.16 Å². The summed E-state index contributed by atoms with van der Waals surface area (Å²) in [4.78, 5) is 12.0. The van der Waals surface area contributed by atoms with E-state index in [0.717, 1.165) is 22.8 Å². The number of benzene rings is 1. The maximum atomic E-state index is 12.0. The molecule has 24 heavy (non-hydrogen) atoms. The fourth-order valence-corrected chi connectivity index (χ4v) is 3.11. The Hall–Kier alpha value is -2.54. The van der Waals surface area contributed by atoms with Crippen LogP contribution in [0, 0.1) is 13.8 Å². The maximum Gasteiger partial charge on any atom is 0.230 e. The number of carbonyl (C=O) groups excluding carboxylic acids is 1. The molecule has 1 amide bonds. The zero-order valence-corrected chi connectivity index (χ0v) is 14.3. The van der Waals surface area contributed by atoms with Crippen LogP contribution in [-0.2, 0) is 11.3 Å². The predicted molar refractivity (Wildman–Crippen MR) is 92.1 cm³/mol. The van der Waals surface area contributed by atoms with Crippen LogP contribution in [0.3, 0.4) is 0 Å². The van der Waals surface area contributed by atoms with Crippen molar-refractivity contribution in [2.75, 3.05) is 5.75 Å². The molecule has 2 aromatic heterocycles. The predicted octanol–water partition coefficient (Wildman–Crippen LogP) is 2.89. The highest BCUT2D eigenvalue weighted by Crippen LogP contribution is 2.22. The smallest absolute Gasteiger partial charge is 0.230 e. The monoisotopic (exact) mass is 342 g/mol. The number of aromatic nitrogens is 3. The highest BCUT2D eigenvalue weighted by Gasteiger charge is 2.13. The van der Waals surface area contributed by atoms with Gasteiger partial charge in [0.2, 0.25) is 5.91 Å². The first-order valence-corrected chi connectivity index (χ1v) is 8.53. The standard InChI is InChI=1S/C17H18N4O2S/c1-12-5-3-6-14(9-12)21-13(2)19-20-17(21)24-11-16(22)18-10-15-7-4-8-23-15/h3-9H,10-11H2,1-2H3,(H,18,22). The minimum Gasteiger partial charge on any atom is -0.467 e. The third-order valence-electron chi connectivity index (χ3n) is 3.43. The lowest BCUT2D eigenvalue weighted by atomic mass is 10.2. The van der Waals surface area contributed by atoms with E-state index in [4.69, 9.17) is 4.42 Å². The third kappa shape index (κ3) is 3.86. The fraction of sp³-hybridized carbons (Fsp3) is 0.235. The molecular weight excluding hydrogens is 324 g/mol. The number of nitrogens with one attached hydrogen (secondary N) is 1. The molecule has 0 bridgehead atoms. The number of carbonyl (C=O) groups is 1. The molecule has 1 N–H and O–H groups in total. The normalized spacial score (nSPS) is 10.8. The number of hydrogen-bond acceptors (Lipinski definition) is 5. The van der Waals surface area contributed by atoms with Gasteiger partial charge in [0, 0.05) is 5.69 Å². The molecule has 0 aliphatic heterocycles. The van der Waals surface area contributed by atoms with Crippen LogP contribution in [0.1, 0.15) is 17.1 Å². The molecule has 1 aromatic carbocycles. The van der Waals surface area contributed by atoms with E-state index in [-0.39, 0.29) is 11.7 Å². The Morgan fingerprint density at radius 1 is 1.25 bits per heavy atom. The van der Waals surface area contributed by atoms with E-state index >= 15 is 0 Å². The minimum absolute atomic E-state index is 0.0761. The summed E-state index contributed by atoms with van der Waals surface area (Å²) in [5.41, 5.74) is 2.16. The number of hydrogen-bond donors (Lipinski definition) is 1. The zero-order valence-electron chi connectivity index (χ0n) is 13.5. The van der Waals surface area contributed by atoms with Crippen molar-refractivity contribution in [2.45, 2.75) is 25.5 Å². The van der Waals surface area contributed by atoms with E-state index < -0.39 is 0 Å². The summed E-state index contributed by atoms with van der Waals surface area (Å²) in [5, 5.41) is 11.8. The number of rotatable bonds is 6. The van der Waals surface area contributed by atoms with Gasteiger partial charge >= 0.3 is 0 Å². The molecule has 3 rings (SSSR count). The summed E-state index contributed by atoms with van der Waals surface area (Å²) < 4.78 is 7.15. The van der Waals surface area contributed by atoms with E-state index in [1.807, 2.05) is 42.7 Å². The lowest BCUT2D eigenvalue weighted by Gasteiger charge is -2.09. The molecule has 124 valence electrons. The third-order valence-corrected chi connectivity index (χ3v) is 4.36. The van der Waals surface area contributed by atoms with Crippen LogP contribution >= 0.6 is 11.8 Å². The largest absolute Gasteiger partial charge is 0.467 e. The van der Waals surface area contributed by atoms with Gasteiger partial charge in [-0.2, -0.15) is 0 Å². The van der Waals surface area contributed by atoms with Crippen molar-refractivity contribution in [3.8, 4) is 5.69 Å². The summed E-state index contributed by atoms with van der Waals surface area (Å²) in [6.45, 7) is 4.32. The van der Waals surface area contributed by atoms with Crippen molar-refractivity contribution >= 4 is 17.7 Å². The summed E-state index contributed by atoms with van der Waals surface area (Å²) in [6, 6.07) is 11.7. The summed E-state index contributed by atoms with van der Waals surface area (Å²) in [7, 11) is 0. The van der Waals surface area contributed by atoms with Gasteiger partial charge in [0.1, 0.15) is 11.6 Å². The number of aryl methyl sites for hydroxylation is 2. The molecule has 0 aliphatic carbocycles. The second-order valence-corrected chi connectivity index (χ2v) is 6.29. The summed E-state index contributed by atoms with van der Waals surface area (Å²) in [5.74, 6) is 1.71. The molecule has 0 saturated carbocycles. The van der Waals surface area contributed by atoms with Crippen LogP contribution in [0.25, 0.3) is 5.69 Å². The van der Waals surface area contributed by atoms with Crippen molar-refractivity contribution in [1.29, 1.82) is 0 Å². The molecule has 6 nitrogen and oxygen atoms in total. The van der Waals surface area contributed by atoms with E-state index in [0.29, 0.717) is 11.7 Å². The van der Waals surface area contributed by atoms with Crippen LogP contribution < -0.4 is 5.32 Å². The van der Waals surface area contributed by atoms with Crippen LogP contribution in [0.15, 0.2) is 52.2 Å². The minimum atomic E-state index is -0.0761. The summed E-state index contributed by atoms with van der Waals surface area (Å²) in [6.07, 6.45) is 1.59. The lowest BCUT2D eigenvalue weighted by Crippen LogP contribution is -2.24. The molecule has 0 radical (unpaired) electrons. The van der Waals surface area contributed by atoms with Gasteiger partial charge in [-0.25, -0.2) is 0 Å². The van der Waals surface area contributed by atoms with Crippen molar-refractivity contribution in [3.63, 3.8) is 0 Å². The molecular formula is C17H18N4O2S. The Labute approximate surface area is 144 Å². The van der Waals surface area contributed by atoms with Crippen molar-refractivity contribution in [1.82, 2.24) is 20.1 Å². The lowest BCUT2D eigenvalue weighted by molar-refractivity contribution is -0.118. The Morgan fingerprint density at radius 3 is 2.88 bits per heavy atom. The van der Waals surface area contributed by atoms with Gasteiger partial charge in [-0.3, -0.25) is 9.36 Å².